The summed E-state index contributed by atoms with van der Waals surface area (Å²) in [5.41, 5.74) is 1.96. The Morgan fingerprint density at radius 3 is 2.33 bits per heavy atom. The van der Waals surface area contributed by atoms with Crippen LogP contribution in [0.1, 0.15) is 34.1 Å². The third kappa shape index (κ3) is 4.31. The van der Waals surface area contributed by atoms with E-state index >= 15 is 0 Å². The summed E-state index contributed by atoms with van der Waals surface area (Å²) in [6.45, 7) is 7.35. The van der Waals surface area contributed by atoms with Crippen LogP contribution in [-0.2, 0) is 9.53 Å². The van der Waals surface area contributed by atoms with Gasteiger partial charge in [-0.25, -0.2) is 5.43 Å². The third-order valence-corrected chi connectivity index (χ3v) is 1.30. The normalized spacial score (nSPS) is 14.1. The summed E-state index contributed by atoms with van der Waals surface area (Å²) in [6, 6.07) is -0.399. The molecule has 3 N–H and O–H groups in total. The highest BCUT2D eigenvalue weighted by Gasteiger charge is 2.22. The minimum absolute atomic E-state index is 0.299. The number of hydrogen-bond donors (Lipinski definition) is 2. The number of esters is 1. The molecule has 0 rings (SSSR count). The molecule has 0 aliphatic heterocycles. The zero-order chi connectivity index (χ0) is 9.78. The van der Waals surface area contributed by atoms with Gasteiger partial charge in [-0.1, -0.05) is 6.92 Å². The van der Waals surface area contributed by atoms with Gasteiger partial charge in [-0.05, 0) is 27.2 Å². The fourth-order valence-electron chi connectivity index (χ4n) is 0.725. The van der Waals surface area contributed by atoms with E-state index in [1.165, 1.54) is 0 Å². The maximum Gasteiger partial charge on any atom is 0.324 e. The van der Waals surface area contributed by atoms with Gasteiger partial charge in [0.2, 0.25) is 0 Å². The second-order valence-electron chi connectivity index (χ2n) is 3.66. The first-order valence-electron chi connectivity index (χ1n) is 4.09. The van der Waals surface area contributed by atoms with Crippen LogP contribution in [0.5, 0.6) is 0 Å². The Morgan fingerprint density at radius 1 is 1.58 bits per heavy atom. The van der Waals surface area contributed by atoms with Crippen LogP contribution in [0.2, 0.25) is 0 Å². The quantitative estimate of drug-likeness (QED) is 0.373. The van der Waals surface area contributed by atoms with Crippen LogP contribution in [-0.4, -0.2) is 17.6 Å². The van der Waals surface area contributed by atoms with Crippen molar-refractivity contribution in [3.05, 3.63) is 0 Å². The van der Waals surface area contributed by atoms with E-state index in [2.05, 4.69) is 5.43 Å². The molecule has 0 bridgehead atoms. The number of ether oxygens (including phenoxy) is 1. The highest BCUT2D eigenvalue weighted by Crippen LogP contribution is 2.08. The Labute approximate surface area is 73.4 Å². The van der Waals surface area contributed by atoms with Gasteiger partial charge in [0.1, 0.15) is 11.6 Å². The predicted octanol–water partition coefficient (Wildman–Crippen LogP) is 0.570. The van der Waals surface area contributed by atoms with Crippen molar-refractivity contribution in [3.8, 4) is 0 Å². The van der Waals surface area contributed by atoms with Crippen LogP contribution in [0.25, 0.3) is 0 Å². The van der Waals surface area contributed by atoms with Gasteiger partial charge in [-0.15, -0.1) is 0 Å². The first kappa shape index (κ1) is 11.4. The molecule has 72 valence electrons. The number of hydrogen-bond acceptors (Lipinski definition) is 4. The molecule has 0 aliphatic carbocycles. The molecule has 0 amide bonds. The summed E-state index contributed by atoms with van der Waals surface area (Å²) in [4.78, 5) is 11.3. The van der Waals surface area contributed by atoms with Crippen LogP contribution >= 0.6 is 0 Å². The third-order valence-electron chi connectivity index (χ3n) is 1.30. The second kappa shape index (κ2) is 4.42. The van der Waals surface area contributed by atoms with Crippen molar-refractivity contribution in [3.63, 3.8) is 0 Å². The highest BCUT2D eigenvalue weighted by molar-refractivity contribution is 5.75. The molecule has 1 atom stereocenters. The number of carbonyl (C=O) groups excluding carboxylic acids is 1. The number of nitrogens with two attached hydrogens (primary N) is 1. The molecule has 1 unspecified atom stereocenters. The Bertz CT molecular complexity index is 148. The van der Waals surface area contributed by atoms with E-state index in [0.717, 1.165) is 0 Å². The molecule has 0 heterocycles. The molecule has 0 aromatic carbocycles. The summed E-state index contributed by atoms with van der Waals surface area (Å²) < 4.78 is 5.10. The number of nitrogens with one attached hydrogen (secondary N) is 1. The molecule has 0 radical (unpaired) electrons. The average molecular weight is 174 g/mol. The number of carbonyl (C=O) groups is 1. The van der Waals surface area contributed by atoms with Gasteiger partial charge in [-0.3, -0.25) is 10.6 Å². The smallest absolute Gasteiger partial charge is 0.324 e. The summed E-state index contributed by atoms with van der Waals surface area (Å²) in [5, 5.41) is 0. The predicted molar refractivity (Wildman–Crippen MR) is 47.2 cm³/mol. The highest BCUT2D eigenvalue weighted by atomic mass is 16.6. The molecule has 0 spiro atoms. The van der Waals surface area contributed by atoms with Crippen molar-refractivity contribution in [2.24, 2.45) is 5.84 Å². The van der Waals surface area contributed by atoms with Crippen molar-refractivity contribution in [2.45, 2.75) is 45.8 Å². The molecule has 0 saturated carbocycles. The molecule has 12 heavy (non-hydrogen) atoms. The van der Waals surface area contributed by atoms with Crippen molar-refractivity contribution in [2.75, 3.05) is 0 Å². The molecule has 0 aromatic rings. The molecule has 4 heteroatoms. The van der Waals surface area contributed by atoms with E-state index in [-0.39, 0.29) is 5.97 Å². The van der Waals surface area contributed by atoms with Gasteiger partial charge in [0, 0.05) is 0 Å². The Hall–Kier alpha value is -0.610. The van der Waals surface area contributed by atoms with Crippen molar-refractivity contribution in [1.29, 1.82) is 0 Å². The van der Waals surface area contributed by atoms with Gasteiger partial charge in [-0.2, -0.15) is 0 Å². The average Bonchev–Trinajstić information content (AvgIpc) is 1.85. The van der Waals surface area contributed by atoms with Crippen LogP contribution < -0.4 is 11.3 Å². The van der Waals surface area contributed by atoms with Gasteiger partial charge in [0.05, 0.1) is 0 Å². The summed E-state index contributed by atoms with van der Waals surface area (Å²) in [7, 11) is 0. The summed E-state index contributed by atoms with van der Waals surface area (Å²) in [5.74, 6) is 4.85. The van der Waals surface area contributed by atoms with E-state index in [0.29, 0.717) is 6.42 Å². The fourth-order valence-corrected chi connectivity index (χ4v) is 0.725. The second-order valence-corrected chi connectivity index (χ2v) is 3.66. The molecule has 4 nitrogen and oxygen atoms in total. The van der Waals surface area contributed by atoms with Crippen LogP contribution in [0, 0.1) is 0 Å². The van der Waals surface area contributed by atoms with Crippen molar-refractivity contribution in [1.82, 2.24) is 5.43 Å². The topological polar surface area (TPSA) is 64.3 Å². The summed E-state index contributed by atoms with van der Waals surface area (Å²) in [6.07, 6.45) is 0.630. The molecule has 0 aliphatic rings. The van der Waals surface area contributed by atoms with E-state index < -0.39 is 11.6 Å². The van der Waals surface area contributed by atoms with E-state index in [4.69, 9.17) is 10.6 Å². The van der Waals surface area contributed by atoms with Crippen molar-refractivity contribution < 1.29 is 9.53 Å². The van der Waals surface area contributed by atoms with Crippen LogP contribution in [0.3, 0.4) is 0 Å². The monoisotopic (exact) mass is 174 g/mol. The zero-order valence-electron chi connectivity index (χ0n) is 8.18. The zero-order valence-corrected chi connectivity index (χ0v) is 8.18. The van der Waals surface area contributed by atoms with Gasteiger partial charge < -0.3 is 4.74 Å². The Morgan fingerprint density at radius 2 is 2.08 bits per heavy atom. The first-order chi connectivity index (χ1) is 5.40. The van der Waals surface area contributed by atoms with E-state index in [9.17, 15) is 4.79 Å². The lowest BCUT2D eigenvalue weighted by Gasteiger charge is -2.22. The molecule has 0 saturated heterocycles. The number of hydrazine groups is 1. The molecule has 0 aromatic heterocycles. The van der Waals surface area contributed by atoms with Gasteiger partial charge in [0.25, 0.3) is 0 Å². The minimum Gasteiger partial charge on any atom is -0.459 e. The maximum absolute atomic E-state index is 11.3. The SMILES string of the molecule is CCC(NN)C(=O)OC(C)(C)C. The molecular formula is C8H18N2O2. The maximum atomic E-state index is 11.3. The van der Waals surface area contributed by atoms with Crippen LogP contribution in [0.15, 0.2) is 0 Å². The van der Waals surface area contributed by atoms with Crippen molar-refractivity contribution >= 4 is 5.97 Å². The Balaban J connectivity index is 4.02. The summed E-state index contributed by atoms with van der Waals surface area (Å²) >= 11 is 0. The standard InChI is InChI=1S/C8H18N2O2/c1-5-6(10-9)7(11)12-8(2,3)4/h6,10H,5,9H2,1-4H3. The molecular weight excluding hydrogens is 156 g/mol. The van der Waals surface area contributed by atoms with Gasteiger partial charge >= 0.3 is 5.97 Å². The van der Waals surface area contributed by atoms with Gasteiger partial charge in [0.15, 0.2) is 0 Å². The lowest BCUT2D eigenvalue weighted by molar-refractivity contribution is -0.157. The first-order valence-corrected chi connectivity index (χ1v) is 4.09. The lowest BCUT2D eigenvalue weighted by atomic mass is 10.2. The lowest BCUT2D eigenvalue weighted by Crippen LogP contribution is -2.44. The number of rotatable bonds is 3. The van der Waals surface area contributed by atoms with Crippen LogP contribution in [0.4, 0.5) is 0 Å². The Kier molecular flexibility index (Phi) is 4.20. The largest absolute Gasteiger partial charge is 0.459 e. The minimum atomic E-state index is -0.443. The van der Waals surface area contributed by atoms with E-state index in [1.54, 1.807) is 0 Å². The molecule has 0 fully saturated rings. The fraction of sp³-hybridized carbons (Fsp3) is 0.875. The van der Waals surface area contributed by atoms with E-state index in [1.807, 2.05) is 27.7 Å².